The number of aliphatic carboxylic acids is 1. The van der Waals surface area contributed by atoms with Crippen LogP contribution >= 0.6 is 11.8 Å². The Kier molecular flexibility index (Phi) is 4.49. The van der Waals surface area contributed by atoms with Gasteiger partial charge < -0.3 is 15.7 Å². The highest BCUT2D eigenvalue weighted by Crippen LogP contribution is 2.28. The fourth-order valence-electron chi connectivity index (χ4n) is 1.96. The molecular weight excluding hydrogens is 283 g/mol. The molecule has 20 heavy (non-hydrogen) atoms. The van der Waals surface area contributed by atoms with Crippen LogP contribution in [0.2, 0.25) is 0 Å². The van der Waals surface area contributed by atoms with Crippen LogP contribution in [-0.2, 0) is 11.3 Å². The number of urea groups is 1. The van der Waals surface area contributed by atoms with Gasteiger partial charge in [-0.25, -0.2) is 14.0 Å². The summed E-state index contributed by atoms with van der Waals surface area (Å²) in [6.07, 6.45) is 0.389. The number of halogens is 1. The molecule has 1 aliphatic heterocycles. The molecule has 1 atom stereocenters. The van der Waals surface area contributed by atoms with Gasteiger partial charge in [-0.05, 0) is 18.2 Å². The summed E-state index contributed by atoms with van der Waals surface area (Å²) in [5.41, 5.74) is -0.864. The number of hydrogen-bond donors (Lipinski definition) is 3. The molecule has 1 unspecified atom stereocenters. The lowest BCUT2D eigenvalue weighted by atomic mass is 10.00. The Morgan fingerprint density at radius 1 is 1.40 bits per heavy atom. The molecule has 2 amide bonds. The predicted molar refractivity (Wildman–Crippen MR) is 74.1 cm³/mol. The molecule has 1 heterocycles. The standard InChI is InChI=1S/C13H15FN2O3S/c14-10-4-2-1-3-9(10)7-15-12(19)16-13(11(17)18)5-6-20-8-13/h1-4H,5-8H2,(H,17,18)(H2,15,16,19). The van der Waals surface area contributed by atoms with Crippen molar-refractivity contribution in [3.05, 3.63) is 35.6 Å². The lowest BCUT2D eigenvalue weighted by Crippen LogP contribution is -2.57. The normalized spacial score (nSPS) is 21.4. The van der Waals surface area contributed by atoms with Gasteiger partial charge in [-0.3, -0.25) is 0 Å². The molecule has 0 bridgehead atoms. The van der Waals surface area contributed by atoms with E-state index in [9.17, 15) is 19.1 Å². The highest BCUT2D eigenvalue weighted by Gasteiger charge is 2.43. The first-order chi connectivity index (χ1) is 9.53. The van der Waals surface area contributed by atoms with Gasteiger partial charge in [-0.1, -0.05) is 18.2 Å². The molecule has 0 aromatic heterocycles. The first kappa shape index (κ1) is 14.6. The largest absolute Gasteiger partial charge is 0.479 e. The van der Waals surface area contributed by atoms with Crippen LogP contribution < -0.4 is 10.6 Å². The minimum Gasteiger partial charge on any atom is -0.479 e. The SMILES string of the molecule is O=C(NCc1ccccc1F)NC1(C(=O)O)CCSC1. The van der Waals surface area contributed by atoms with Crippen molar-refractivity contribution in [1.29, 1.82) is 0 Å². The molecule has 2 rings (SSSR count). The molecule has 0 saturated carbocycles. The number of hydrogen-bond acceptors (Lipinski definition) is 3. The average molecular weight is 298 g/mol. The number of carbonyl (C=O) groups is 2. The fourth-order valence-corrected chi connectivity index (χ4v) is 3.29. The summed E-state index contributed by atoms with van der Waals surface area (Å²) in [4.78, 5) is 23.0. The number of thioether (sulfide) groups is 1. The molecule has 5 nitrogen and oxygen atoms in total. The average Bonchev–Trinajstić information content (AvgIpc) is 2.88. The van der Waals surface area contributed by atoms with Crippen molar-refractivity contribution < 1.29 is 19.1 Å². The molecule has 3 N–H and O–H groups in total. The molecule has 0 radical (unpaired) electrons. The molecule has 1 aliphatic rings. The lowest BCUT2D eigenvalue weighted by Gasteiger charge is -2.24. The van der Waals surface area contributed by atoms with Crippen molar-refractivity contribution >= 4 is 23.8 Å². The molecule has 0 aliphatic carbocycles. The van der Waals surface area contributed by atoms with Crippen LogP contribution in [0.5, 0.6) is 0 Å². The summed E-state index contributed by atoms with van der Waals surface area (Å²) >= 11 is 1.48. The van der Waals surface area contributed by atoms with Crippen molar-refractivity contribution in [2.45, 2.75) is 18.5 Å². The van der Waals surface area contributed by atoms with Gasteiger partial charge in [0.25, 0.3) is 0 Å². The van der Waals surface area contributed by atoms with E-state index in [0.29, 0.717) is 23.5 Å². The summed E-state index contributed by atoms with van der Waals surface area (Å²) in [6, 6.07) is 5.51. The Labute approximate surface area is 119 Å². The van der Waals surface area contributed by atoms with E-state index in [1.54, 1.807) is 18.2 Å². The number of carboxylic acids is 1. The molecule has 1 saturated heterocycles. The number of benzene rings is 1. The minimum atomic E-state index is -1.22. The second-order valence-electron chi connectivity index (χ2n) is 4.59. The van der Waals surface area contributed by atoms with Crippen LogP contribution in [0, 0.1) is 5.82 Å². The summed E-state index contributed by atoms with van der Waals surface area (Å²) in [7, 11) is 0. The van der Waals surface area contributed by atoms with E-state index in [1.165, 1.54) is 17.8 Å². The zero-order chi connectivity index (χ0) is 14.6. The Morgan fingerprint density at radius 2 is 2.15 bits per heavy atom. The van der Waals surface area contributed by atoms with E-state index >= 15 is 0 Å². The van der Waals surface area contributed by atoms with Gasteiger partial charge >= 0.3 is 12.0 Å². The van der Waals surface area contributed by atoms with Gasteiger partial charge in [-0.15, -0.1) is 0 Å². The summed E-state index contributed by atoms with van der Waals surface area (Å²) in [5, 5.41) is 14.2. The third kappa shape index (κ3) is 3.22. The van der Waals surface area contributed by atoms with Crippen molar-refractivity contribution in [2.24, 2.45) is 0 Å². The quantitative estimate of drug-likeness (QED) is 0.788. The zero-order valence-electron chi connectivity index (χ0n) is 10.7. The second kappa shape index (κ2) is 6.13. The van der Waals surface area contributed by atoms with Gasteiger partial charge in [0, 0.05) is 17.9 Å². The molecule has 1 aromatic rings. The number of carboxylic acid groups (broad SMARTS) is 1. The van der Waals surface area contributed by atoms with E-state index in [0.717, 1.165) is 0 Å². The van der Waals surface area contributed by atoms with Crippen LogP contribution in [-0.4, -0.2) is 34.2 Å². The third-order valence-electron chi connectivity index (χ3n) is 3.18. The Hall–Kier alpha value is -1.76. The third-order valence-corrected chi connectivity index (χ3v) is 4.37. The van der Waals surface area contributed by atoms with E-state index in [-0.39, 0.29) is 6.54 Å². The molecule has 108 valence electrons. The maximum atomic E-state index is 13.4. The summed E-state index contributed by atoms with van der Waals surface area (Å²) in [6.45, 7) is 0.0152. The van der Waals surface area contributed by atoms with Gasteiger partial charge in [-0.2, -0.15) is 11.8 Å². The maximum absolute atomic E-state index is 13.4. The Balaban J connectivity index is 1.92. The van der Waals surface area contributed by atoms with E-state index in [2.05, 4.69) is 10.6 Å². The molecular formula is C13H15FN2O3S. The number of nitrogens with one attached hydrogen (secondary N) is 2. The first-order valence-corrected chi connectivity index (χ1v) is 7.29. The molecule has 1 aromatic carbocycles. The first-order valence-electron chi connectivity index (χ1n) is 6.14. The van der Waals surface area contributed by atoms with Crippen molar-refractivity contribution in [1.82, 2.24) is 10.6 Å². The fraction of sp³-hybridized carbons (Fsp3) is 0.385. The summed E-state index contributed by atoms with van der Waals surface area (Å²) in [5.74, 6) is -0.407. The van der Waals surface area contributed by atoms with Gasteiger partial charge in [0.1, 0.15) is 11.4 Å². The van der Waals surface area contributed by atoms with Gasteiger partial charge in [0.2, 0.25) is 0 Å². The monoisotopic (exact) mass is 298 g/mol. The van der Waals surface area contributed by atoms with Crippen molar-refractivity contribution in [3.8, 4) is 0 Å². The summed E-state index contributed by atoms with van der Waals surface area (Å²) < 4.78 is 13.4. The number of rotatable bonds is 4. The lowest BCUT2D eigenvalue weighted by molar-refractivity contribution is -0.143. The smallest absolute Gasteiger partial charge is 0.330 e. The highest BCUT2D eigenvalue weighted by atomic mass is 32.2. The van der Waals surface area contributed by atoms with Crippen molar-refractivity contribution in [3.63, 3.8) is 0 Å². The molecule has 7 heteroatoms. The van der Waals surface area contributed by atoms with E-state index < -0.39 is 23.4 Å². The van der Waals surface area contributed by atoms with Crippen LogP contribution in [0.3, 0.4) is 0 Å². The predicted octanol–water partition coefficient (Wildman–Crippen LogP) is 1.59. The van der Waals surface area contributed by atoms with E-state index in [1.807, 2.05) is 0 Å². The van der Waals surface area contributed by atoms with Crippen LogP contribution in [0.1, 0.15) is 12.0 Å². The van der Waals surface area contributed by atoms with Gasteiger partial charge in [0.15, 0.2) is 0 Å². The topological polar surface area (TPSA) is 78.4 Å². The Morgan fingerprint density at radius 3 is 2.75 bits per heavy atom. The molecule has 0 spiro atoms. The number of carbonyl (C=O) groups excluding carboxylic acids is 1. The van der Waals surface area contributed by atoms with Crippen molar-refractivity contribution in [2.75, 3.05) is 11.5 Å². The highest BCUT2D eigenvalue weighted by molar-refractivity contribution is 7.99. The van der Waals surface area contributed by atoms with Crippen LogP contribution in [0.25, 0.3) is 0 Å². The second-order valence-corrected chi connectivity index (χ2v) is 5.69. The minimum absolute atomic E-state index is 0.0152. The van der Waals surface area contributed by atoms with E-state index in [4.69, 9.17) is 0 Å². The van der Waals surface area contributed by atoms with Crippen LogP contribution in [0.4, 0.5) is 9.18 Å². The van der Waals surface area contributed by atoms with Gasteiger partial charge in [0.05, 0.1) is 0 Å². The Bertz CT molecular complexity index is 518. The maximum Gasteiger partial charge on any atom is 0.330 e. The molecule has 1 fully saturated rings. The number of amides is 2. The zero-order valence-corrected chi connectivity index (χ0v) is 11.5. The van der Waals surface area contributed by atoms with Crippen LogP contribution in [0.15, 0.2) is 24.3 Å².